The van der Waals surface area contributed by atoms with Gasteiger partial charge in [0.15, 0.2) is 0 Å². The molecule has 30 heavy (non-hydrogen) atoms. The second-order valence-corrected chi connectivity index (χ2v) is 9.13. The summed E-state index contributed by atoms with van der Waals surface area (Å²) in [4.78, 5) is 14.3. The topological polar surface area (TPSA) is 95.2 Å². The minimum absolute atomic E-state index is 0.163. The number of nitrogens with zero attached hydrogens (tertiary/aromatic N) is 3. The zero-order valence-electron chi connectivity index (χ0n) is 17.1. The summed E-state index contributed by atoms with van der Waals surface area (Å²) in [7, 11) is -3.51. The van der Waals surface area contributed by atoms with E-state index in [2.05, 4.69) is 10.5 Å². The van der Waals surface area contributed by atoms with Crippen LogP contribution in [0.15, 0.2) is 62.6 Å². The molecule has 0 spiro atoms. The van der Waals surface area contributed by atoms with Gasteiger partial charge in [0.25, 0.3) is 5.91 Å². The molecule has 9 heteroatoms. The smallest absolute Gasteiger partial charge is 0.254 e. The van der Waals surface area contributed by atoms with Crippen LogP contribution < -0.4 is 5.43 Å². The standard InChI is InChI=1S/C21H26N4O4S/c1-17-5-7-20(8-6-17)30(27,28)25-11-9-24(10-12-25)16-21(26)23-22-15-18(2)14-19-4-3-13-29-19/h3-8,13-15H,9-12,16H2,1-2H3,(H,23,26). The quantitative estimate of drug-likeness (QED) is 0.536. The lowest BCUT2D eigenvalue weighted by Crippen LogP contribution is -2.50. The van der Waals surface area contributed by atoms with Crippen molar-refractivity contribution in [1.29, 1.82) is 0 Å². The van der Waals surface area contributed by atoms with Gasteiger partial charge in [0.2, 0.25) is 10.0 Å². The van der Waals surface area contributed by atoms with Crippen LogP contribution in [0.25, 0.3) is 6.08 Å². The number of benzene rings is 1. The Morgan fingerprint density at radius 3 is 2.50 bits per heavy atom. The number of nitrogens with one attached hydrogen (secondary N) is 1. The summed E-state index contributed by atoms with van der Waals surface area (Å²) in [6.07, 6.45) is 4.94. The Labute approximate surface area is 176 Å². The second kappa shape index (κ2) is 9.84. The van der Waals surface area contributed by atoms with Gasteiger partial charge in [-0.25, -0.2) is 13.8 Å². The van der Waals surface area contributed by atoms with Gasteiger partial charge >= 0.3 is 0 Å². The normalized spacial score (nSPS) is 16.8. The molecular formula is C21H26N4O4S. The minimum atomic E-state index is -3.51. The number of sulfonamides is 1. The van der Waals surface area contributed by atoms with Crippen molar-refractivity contribution < 1.29 is 17.6 Å². The number of carbonyl (C=O) groups excluding carboxylic acids is 1. The molecule has 3 rings (SSSR count). The third kappa shape index (κ3) is 5.88. The summed E-state index contributed by atoms with van der Waals surface area (Å²) in [6, 6.07) is 10.5. The van der Waals surface area contributed by atoms with Crippen LogP contribution in [0, 0.1) is 6.92 Å². The van der Waals surface area contributed by atoms with Gasteiger partial charge in [-0.2, -0.15) is 9.41 Å². The van der Waals surface area contributed by atoms with E-state index in [-0.39, 0.29) is 12.5 Å². The van der Waals surface area contributed by atoms with Crippen LogP contribution >= 0.6 is 0 Å². The number of rotatable bonds is 7. The molecule has 1 fully saturated rings. The van der Waals surface area contributed by atoms with Crippen molar-refractivity contribution >= 4 is 28.2 Å². The third-order valence-electron chi connectivity index (χ3n) is 4.73. The number of allylic oxidation sites excluding steroid dienone is 1. The highest BCUT2D eigenvalue weighted by Crippen LogP contribution is 2.18. The first-order valence-corrected chi connectivity index (χ1v) is 11.1. The van der Waals surface area contributed by atoms with Crippen LogP contribution in [0.3, 0.4) is 0 Å². The van der Waals surface area contributed by atoms with Gasteiger partial charge in [-0.3, -0.25) is 9.69 Å². The molecule has 0 radical (unpaired) electrons. The lowest BCUT2D eigenvalue weighted by molar-refractivity contribution is -0.122. The molecule has 1 aliphatic rings. The molecule has 8 nitrogen and oxygen atoms in total. The maximum atomic E-state index is 12.7. The zero-order valence-corrected chi connectivity index (χ0v) is 17.9. The van der Waals surface area contributed by atoms with Crippen molar-refractivity contribution in [3.8, 4) is 0 Å². The summed E-state index contributed by atoms with van der Waals surface area (Å²) in [5.74, 6) is 0.468. The Bertz CT molecular complexity index is 1000. The van der Waals surface area contributed by atoms with Gasteiger partial charge in [0.05, 0.1) is 23.9 Å². The number of piperazine rings is 1. The third-order valence-corrected chi connectivity index (χ3v) is 6.64. The van der Waals surface area contributed by atoms with Crippen LogP contribution in [0.4, 0.5) is 0 Å². The minimum Gasteiger partial charge on any atom is -0.465 e. The molecule has 1 aromatic carbocycles. The molecule has 2 heterocycles. The van der Waals surface area contributed by atoms with Crippen LogP contribution in [0.5, 0.6) is 0 Å². The van der Waals surface area contributed by atoms with E-state index < -0.39 is 10.0 Å². The Kier molecular flexibility index (Phi) is 7.20. The van der Waals surface area contributed by atoms with Crippen LogP contribution in [-0.2, 0) is 14.8 Å². The van der Waals surface area contributed by atoms with Crippen molar-refractivity contribution in [2.24, 2.45) is 5.10 Å². The van der Waals surface area contributed by atoms with E-state index in [0.29, 0.717) is 36.8 Å². The summed E-state index contributed by atoms with van der Waals surface area (Å²) in [5, 5.41) is 3.95. The van der Waals surface area contributed by atoms with Gasteiger partial charge in [-0.05, 0) is 49.8 Å². The van der Waals surface area contributed by atoms with E-state index in [1.807, 2.05) is 30.9 Å². The summed E-state index contributed by atoms with van der Waals surface area (Å²) < 4.78 is 32.2. The first-order chi connectivity index (χ1) is 14.3. The molecule has 1 N–H and O–H groups in total. The molecule has 1 aliphatic heterocycles. The van der Waals surface area contributed by atoms with E-state index >= 15 is 0 Å². The summed E-state index contributed by atoms with van der Waals surface area (Å²) in [6.45, 7) is 5.60. The molecule has 0 atom stereocenters. The number of hydrogen-bond donors (Lipinski definition) is 1. The Hall–Kier alpha value is -2.75. The zero-order chi connectivity index (χ0) is 21.6. The molecular weight excluding hydrogens is 404 g/mol. The predicted molar refractivity (Wildman–Crippen MR) is 115 cm³/mol. The number of carbonyl (C=O) groups is 1. The maximum Gasteiger partial charge on any atom is 0.254 e. The highest BCUT2D eigenvalue weighted by molar-refractivity contribution is 7.89. The number of aryl methyl sites for hydroxylation is 1. The second-order valence-electron chi connectivity index (χ2n) is 7.19. The SMILES string of the molecule is CC(C=NNC(=O)CN1CCN(S(=O)(=O)c2ccc(C)cc2)CC1)=Cc1ccco1. The molecule has 2 aromatic rings. The number of furan rings is 1. The highest BCUT2D eigenvalue weighted by Gasteiger charge is 2.28. The summed E-state index contributed by atoms with van der Waals surface area (Å²) >= 11 is 0. The molecule has 0 saturated carbocycles. The van der Waals surface area contributed by atoms with Gasteiger partial charge in [-0.15, -0.1) is 0 Å². The number of amides is 1. The number of hydrogen-bond acceptors (Lipinski definition) is 6. The monoisotopic (exact) mass is 430 g/mol. The van der Waals surface area contributed by atoms with Gasteiger partial charge in [-0.1, -0.05) is 17.7 Å². The van der Waals surface area contributed by atoms with Crippen LogP contribution in [-0.4, -0.2) is 62.5 Å². The lowest BCUT2D eigenvalue weighted by Gasteiger charge is -2.33. The Morgan fingerprint density at radius 1 is 1.17 bits per heavy atom. The summed E-state index contributed by atoms with van der Waals surface area (Å²) in [5.41, 5.74) is 4.35. The first kappa shape index (κ1) is 21.9. The average Bonchev–Trinajstić information content (AvgIpc) is 3.21. The fourth-order valence-electron chi connectivity index (χ4n) is 3.07. The van der Waals surface area contributed by atoms with Crippen molar-refractivity contribution in [3.63, 3.8) is 0 Å². The van der Waals surface area contributed by atoms with Crippen molar-refractivity contribution in [2.45, 2.75) is 18.7 Å². The van der Waals surface area contributed by atoms with E-state index in [1.165, 1.54) is 4.31 Å². The lowest BCUT2D eigenvalue weighted by atomic mass is 10.2. The van der Waals surface area contributed by atoms with E-state index in [4.69, 9.17) is 4.42 Å². The number of hydrazone groups is 1. The van der Waals surface area contributed by atoms with Crippen molar-refractivity contribution in [3.05, 3.63) is 59.6 Å². The molecule has 160 valence electrons. The van der Waals surface area contributed by atoms with E-state index in [9.17, 15) is 13.2 Å². The van der Waals surface area contributed by atoms with E-state index in [0.717, 1.165) is 11.1 Å². The van der Waals surface area contributed by atoms with Gasteiger partial charge < -0.3 is 4.42 Å². The Balaban J connectivity index is 1.45. The molecule has 1 amide bonds. The largest absolute Gasteiger partial charge is 0.465 e. The van der Waals surface area contributed by atoms with Crippen molar-refractivity contribution in [1.82, 2.24) is 14.6 Å². The molecule has 0 aliphatic carbocycles. The van der Waals surface area contributed by atoms with Crippen LogP contribution in [0.2, 0.25) is 0 Å². The van der Waals surface area contributed by atoms with Crippen LogP contribution in [0.1, 0.15) is 18.2 Å². The predicted octanol–water partition coefficient (Wildman–Crippen LogP) is 2.10. The molecule has 0 unspecified atom stereocenters. The molecule has 0 bridgehead atoms. The molecule has 1 aromatic heterocycles. The maximum absolute atomic E-state index is 12.7. The van der Waals surface area contributed by atoms with Gasteiger partial charge in [0, 0.05) is 26.2 Å². The fourth-order valence-corrected chi connectivity index (χ4v) is 4.49. The fraction of sp³-hybridized carbons (Fsp3) is 0.333. The highest BCUT2D eigenvalue weighted by atomic mass is 32.2. The van der Waals surface area contributed by atoms with E-state index in [1.54, 1.807) is 42.8 Å². The average molecular weight is 431 g/mol. The van der Waals surface area contributed by atoms with Crippen molar-refractivity contribution in [2.75, 3.05) is 32.7 Å². The first-order valence-electron chi connectivity index (χ1n) is 9.67. The molecule has 1 saturated heterocycles. The Morgan fingerprint density at radius 2 is 1.87 bits per heavy atom. The van der Waals surface area contributed by atoms with Gasteiger partial charge in [0.1, 0.15) is 5.76 Å².